The lowest BCUT2D eigenvalue weighted by Crippen LogP contribution is -2.30. The van der Waals surface area contributed by atoms with Crippen LogP contribution < -0.4 is 11.3 Å². The minimum atomic E-state index is 0.118. The van der Waals surface area contributed by atoms with E-state index in [1.54, 1.807) is 0 Å². The minimum absolute atomic E-state index is 0.118. The maximum absolute atomic E-state index is 5.70. The summed E-state index contributed by atoms with van der Waals surface area (Å²) in [7, 11) is 0. The van der Waals surface area contributed by atoms with Gasteiger partial charge in [0.2, 0.25) is 0 Å². The maximum Gasteiger partial charge on any atom is 0.0624 e. The number of aryl methyl sites for hydroxylation is 2. The van der Waals surface area contributed by atoms with Crippen molar-refractivity contribution < 1.29 is 0 Å². The van der Waals surface area contributed by atoms with E-state index in [9.17, 15) is 0 Å². The third kappa shape index (κ3) is 3.22. The molecule has 102 valence electrons. The van der Waals surface area contributed by atoms with Gasteiger partial charge in [0.1, 0.15) is 0 Å². The Morgan fingerprint density at radius 2 is 2.00 bits per heavy atom. The summed E-state index contributed by atoms with van der Waals surface area (Å²) in [5.41, 5.74) is 6.47. The standard InChI is InChI=1S/C15H22N4/c1-3-13-10-14(19(4-2)18-13)11-15(17-16)12-8-6-5-7-9-12/h5-10,15,17H,3-4,11,16H2,1-2H3. The van der Waals surface area contributed by atoms with Crippen molar-refractivity contribution in [1.29, 1.82) is 0 Å². The molecule has 1 unspecified atom stereocenters. The Bertz CT molecular complexity index is 504. The minimum Gasteiger partial charge on any atom is -0.271 e. The monoisotopic (exact) mass is 258 g/mol. The van der Waals surface area contributed by atoms with E-state index >= 15 is 0 Å². The van der Waals surface area contributed by atoms with E-state index < -0.39 is 0 Å². The number of nitrogens with zero attached hydrogens (tertiary/aromatic N) is 2. The normalized spacial score (nSPS) is 12.6. The smallest absolute Gasteiger partial charge is 0.0624 e. The summed E-state index contributed by atoms with van der Waals surface area (Å²) in [6.07, 6.45) is 1.81. The highest BCUT2D eigenvalue weighted by molar-refractivity contribution is 5.22. The summed E-state index contributed by atoms with van der Waals surface area (Å²) in [6.45, 7) is 5.13. The van der Waals surface area contributed by atoms with Crippen molar-refractivity contribution >= 4 is 0 Å². The molecule has 0 radical (unpaired) electrons. The second kappa shape index (κ2) is 6.50. The molecule has 0 aliphatic carbocycles. The summed E-state index contributed by atoms with van der Waals surface area (Å²) < 4.78 is 2.06. The van der Waals surface area contributed by atoms with Gasteiger partial charge >= 0.3 is 0 Å². The van der Waals surface area contributed by atoms with Crippen LogP contribution in [0.1, 0.15) is 36.8 Å². The molecule has 0 saturated heterocycles. The van der Waals surface area contributed by atoms with Crippen LogP contribution in [0.25, 0.3) is 0 Å². The summed E-state index contributed by atoms with van der Waals surface area (Å²) in [5.74, 6) is 5.70. The number of hydrogen-bond donors (Lipinski definition) is 2. The van der Waals surface area contributed by atoms with Gasteiger partial charge in [-0.2, -0.15) is 5.10 Å². The van der Waals surface area contributed by atoms with Crippen LogP contribution in [-0.4, -0.2) is 9.78 Å². The van der Waals surface area contributed by atoms with Gasteiger partial charge in [-0.3, -0.25) is 16.0 Å². The zero-order chi connectivity index (χ0) is 13.7. The first-order chi connectivity index (χ1) is 9.28. The Hall–Kier alpha value is -1.65. The number of benzene rings is 1. The number of hydrazine groups is 1. The van der Waals surface area contributed by atoms with Crippen molar-refractivity contribution in [1.82, 2.24) is 15.2 Å². The van der Waals surface area contributed by atoms with Gasteiger partial charge in [-0.25, -0.2) is 0 Å². The lowest BCUT2D eigenvalue weighted by Gasteiger charge is -2.16. The van der Waals surface area contributed by atoms with Gasteiger partial charge in [0.25, 0.3) is 0 Å². The molecule has 0 aliphatic heterocycles. The molecule has 4 nitrogen and oxygen atoms in total. The fourth-order valence-corrected chi connectivity index (χ4v) is 2.29. The van der Waals surface area contributed by atoms with Gasteiger partial charge in [-0.15, -0.1) is 0 Å². The lowest BCUT2D eigenvalue weighted by atomic mass is 10.0. The van der Waals surface area contributed by atoms with E-state index in [0.29, 0.717) is 0 Å². The molecule has 1 atom stereocenters. The van der Waals surface area contributed by atoms with Crippen LogP contribution >= 0.6 is 0 Å². The fourth-order valence-electron chi connectivity index (χ4n) is 2.29. The van der Waals surface area contributed by atoms with Crippen LogP contribution in [0.5, 0.6) is 0 Å². The number of rotatable bonds is 6. The third-order valence-electron chi connectivity index (χ3n) is 3.39. The average molecular weight is 258 g/mol. The van der Waals surface area contributed by atoms with Crippen molar-refractivity contribution in [2.45, 2.75) is 39.3 Å². The van der Waals surface area contributed by atoms with E-state index in [1.807, 2.05) is 18.2 Å². The molecule has 1 aromatic heterocycles. The molecule has 2 rings (SSSR count). The van der Waals surface area contributed by atoms with Crippen LogP contribution in [0.2, 0.25) is 0 Å². The Morgan fingerprint density at radius 3 is 2.58 bits per heavy atom. The average Bonchev–Trinajstić information content (AvgIpc) is 2.87. The largest absolute Gasteiger partial charge is 0.271 e. The van der Waals surface area contributed by atoms with E-state index in [0.717, 1.165) is 25.1 Å². The summed E-state index contributed by atoms with van der Waals surface area (Å²) >= 11 is 0. The van der Waals surface area contributed by atoms with Crippen LogP contribution in [0.3, 0.4) is 0 Å². The molecule has 3 N–H and O–H groups in total. The molecule has 0 saturated carbocycles. The van der Waals surface area contributed by atoms with Gasteiger partial charge in [0.15, 0.2) is 0 Å². The Labute approximate surface area is 114 Å². The van der Waals surface area contributed by atoms with Crippen LogP contribution in [-0.2, 0) is 19.4 Å². The zero-order valence-electron chi connectivity index (χ0n) is 11.6. The van der Waals surface area contributed by atoms with Crippen molar-refractivity contribution in [3.05, 3.63) is 53.3 Å². The molecule has 4 heteroatoms. The SMILES string of the molecule is CCc1cc(CC(NN)c2ccccc2)n(CC)n1. The summed E-state index contributed by atoms with van der Waals surface area (Å²) in [4.78, 5) is 0. The van der Waals surface area contributed by atoms with Crippen molar-refractivity contribution in [3.8, 4) is 0 Å². The predicted molar refractivity (Wildman–Crippen MR) is 77.5 cm³/mol. The topological polar surface area (TPSA) is 55.9 Å². The van der Waals surface area contributed by atoms with Crippen LogP contribution in [0, 0.1) is 0 Å². The van der Waals surface area contributed by atoms with E-state index in [4.69, 9.17) is 5.84 Å². The molecule has 19 heavy (non-hydrogen) atoms. The quantitative estimate of drug-likeness (QED) is 0.617. The number of aromatic nitrogens is 2. The van der Waals surface area contributed by atoms with Gasteiger partial charge in [0, 0.05) is 18.7 Å². The highest BCUT2D eigenvalue weighted by Gasteiger charge is 2.14. The molecule has 2 aromatic rings. The molecular formula is C15H22N4. The maximum atomic E-state index is 5.70. The Balaban J connectivity index is 2.21. The second-order valence-electron chi connectivity index (χ2n) is 4.63. The van der Waals surface area contributed by atoms with E-state index in [1.165, 1.54) is 11.3 Å². The first kappa shape index (κ1) is 13.8. The molecule has 1 heterocycles. The molecule has 0 fully saturated rings. The zero-order valence-corrected chi connectivity index (χ0v) is 11.6. The lowest BCUT2D eigenvalue weighted by molar-refractivity contribution is 0.516. The third-order valence-corrected chi connectivity index (χ3v) is 3.39. The van der Waals surface area contributed by atoms with Crippen LogP contribution in [0.15, 0.2) is 36.4 Å². The summed E-state index contributed by atoms with van der Waals surface area (Å²) in [5, 5.41) is 4.58. The number of nitrogens with one attached hydrogen (secondary N) is 1. The number of hydrogen-bond acceptors (Lipinski definition) is 3. The first-order valence-electron chi connectivity index (χ1n) is 6.85. The van der Waals surface area contributed by atoms with E-state index in [2.05, 4.69) is 47.3 Å². The molecule has 1 aromatic carbocycles. The van der Waals surface area contributed by atoms with Gasteiger partial charge in [0.05, 0.1) is 11.7 Å². The van der Waals surface area contributed by atoms with Crippen molar-refractivity contribution in [3.63, 3.8) is 0 Å². The van der Waals surface area contributed by atoms with Gasteiger partial charge in [-0.1, -0.05) is 37.3 Å². The molecule has 0 spiro atoms. The first-order valence-corrected chi connectivity index (χ1v) is 6.85. The molecular weight excluding hydrogens is 236 g/mol. The van der Waals surface area contributed by atoms with Crippen molar-refractivity contribution in [2.24, 2.45) is 5.84 Å². The van der Waals surface area contributed by atoms with Crippen LogP contribution in [0.4, 0.5) is 0 Å². The predicted octanol–water partition coefficient (Wildman–Crippen LogP) is 2.21. The Morgan fingerprint density at radius 1 is 1.26 bits per heavy atom. The van der Waals surface area contributed by atoms with E-state index in [-0.39, 0.29) is 6.04 Å². The summed E-state index contributed by atoms with van der Waals surface area (Å²) in [6, 6.07) is 12.6. The molecule has 0 amide bonds. The fraction of sp³-hybridized carbons (Fsp3) is 0.400. The molecule has 0 bridgehead atoms. The molecule has 0 aliphatic rings. The van der Waals surface area contributed by atoms with Crippen molar-refractivity contribution in [2.75, 3.05) is 0 Å². The van der Waals surface area contributed by atoms with Gasteiger partial charge < -0.3 is 0 Å². The van der Waals surface area contributed by atoms with Gasteiger partial charge in [-0.05, 0) is 25.0 Å². The Kier molecular flexibility index (Phi) is 4.71. The highest BCUT2D eigenvalue weighted by atomic mass is 15.3. The highest BCUT2D eigenvalue weighted by Crippen LogP contribution is 2.18. The second-order valence-corrected chi connectivity index (χ2v) is 4.63. The number of nitrogens with two attached hydrogens (primary N) is 1.